The Kier molecular flexibility index (Phi) is 2.60. The third-order valence-corrected chi connectivity index (χ3v) is 2.09. The van der Waals surface area contributed by atoms with Crippen molar-refractivity contribution in [3.63, 3.8) is 0 Å². The molecule has 2 rings (SSSR count). The minimum atomic E-state index is 0. The van der Waals surface area contributed by atoms with Crippen LogP contribution in [0, 0.1) is 0 Å². The van der Waals surface area contributed by atoms with Crippen LogP contribution in [0.4, 0.5) is 0 Å². The highest BCUT2D eigenvalue weighted by molar-refractivity contribution is 5.77. The number of fused-ring (bicyclic) bond motifs is 1. The average Bonchev–Trinajstić information content (AvgIpc) is 2.48. The van der Waals surface area contributed by atoms with Gasteiger partial charge in [0.25, 0.3) is 0 Å². The number of benzene rings is 1. The van der Waals surface area contributed by atoms with Gasteiger partial charge < -0.3 is 0 Å². The lowest BCUT2D eigenvalue weighted by molar-refractivity contribution is 0.315. The van der Waals surface area contributed by atoms with E-state index >= 15 is 0 Å². The van der Waals surface area contributed by atoms with Crippen LogP contribution in [0.2, 0.25) is 0 Å². The molecule has 0 bridgehead atoms. The SMILES string of the molecule is C.CC(C)(C)c1cccc2nonc12. The lowest BCUT2D eigenvalue weighted by Crippen LogP contribution is -2.11. The molecule has 14 heavy (non-hydrogen) atoms. The Labute approximate surface area is 84.1 Å². The van der Waals surface area contributed by atoms with Gasteiger partial charge >= 0.3 is 0 Å². The van der Waals surface area contributed by atoms with Gasteiger partial charge in [0.15, 0.2) is 0 Å². The number of hydrogen-bond donors (Lipinski definition) is 0. The van der Waals surface area contributed by atoms with Crippen LogP contribution in [0.1, 0.15) is 33.8 Å². The van der Waals surface area contributed by atoms with E-state index in [1.54, 1.807) is 0 Å². The van der Waals surface area contributed by atoms with Gasteiger partial charge in [-0.15, -0.1) is 0 Å². The molecule has 0 radical (unpaired) electrons. The monoisotopic (exact) mass is 192 g/mol. The number of hydrogen-bond acceptors (Lipinski definition) is 3. The second kappa shape index (κ2) is 3.40. The van der Waals surface area contributed by atoms with Crippen molar-refractivity contribution in [3.8, 4) is 0 Å². The Bertz CT molecular complexity index is 426. The zero-order valence-electron chi connectivity index (χ0n) is 8.03. The molecule has 0 fully saturated rings. The second-order valence-corrected chi connectivity index (χ2v) is 4.19. The first-order chi connectivity index (χ1) is 6.09. The molecule has 0 aliphatic rings. The van der Waals surface area contributed by atoms with E-state index in [2.05, 4.69) is 37.2 Å². The maximum Gasteiger partial charge on any atom is 0.138 e. The van der Waals surface area contributed by atoms with Gasteiger partial charge in [0.2, 0.25) is 0 Å². The smallest absolute Gasteiger partial charge is 0.138 e. The number of rotatable bonds is 0. The first kappa shape index (κ1) is 10.7. The standard InChI is InChI=1S/C10H12N2O.CH4/c1-10(2,3)7-5-4-6-8-9(7)12-13-11-8;/h4-6H,1-3H3;1H4. The van der Waals surface area contributed by atoms with Gasteiger partial charge in [-0.2, -0.15) is 0 Å². The fourth-order valence-electron chi connectivity index (χ4n) is 1.41. The Morgan fingerprint density at radius 1 is 1.14 bits per heavy atom. The van der Waals surface area contributed by atoms with E-state index < -0.39 is 0 Å². The maximum atomic E-state index is 4.70. The summed E-state index contributed by atoms with van der Waals surface area (Å²) in [5, 5.41) is 7.71. The highest BCUT2D eigenvalue weighted by Gasteiger charge is 2.18. The van der Waals surface area contributed by atoms with Crippen LogP contribution < -0.4 is 0 Å². The minimum absolute atomic E-state index is 0. The highest BCUT2D eigenvalue weighted by atomic mass is 16.6. The van der Waals surface area contributed by atoms with Crippen LogP contribution in [0.25, 0.3) is 11.0 Å². The zero-order valence-corrected chi connectivity index (χ0v) is 8.03. The average molecular weight is 192 g/mol. The molecule has 0 aliphatic carbocycles. The topological polar surface area (TPSA) is 38.9 Å². The summed E-state index contributed by atoms with van der Waals surface area (Å²) in [6, 6.07) is 5.95. The van der Waals surface area contributed by atoms with Crippen LogP contribution in [-0.2, 0) is 5.41 Å². The fraction of sp³-hybridized carbons (Fsp3) is 0.455. The molecule has 3 nitrogen and oxygen atoms in total. The first-order valence-corrected chi connectivity index (χ1v) is 4.31. The van der Waals surface area contributed by atoms with E-state index in [1.165, 1.54) is 5.56 Å². The van der Waals surface area contributed by atoms with E-state index in [4.69, 9.17) is 4.63 Å². The predicted molar refractivity (Wildman–Crippen MR) is 57.2 cm³/mol. The van der Waals surface area contributed by atoms with Crippen molar-refractivity contribution in [1.82, 2.24) is 10.3 Å². The summed E-state index contributed by atoms with van der Waals surface area (Å²) in [6.45, 7) is 6.45. The van der Waals surface area contributed by atoms with Crippen molar-refractivity contribution in [2.24, 2.45) is 0 Å². The maximum absolute atomic E-state index is 4.70. The van der Waals surface area contributed by atoms with Crippen molar-refractivity contribution in [2.45, 2.75) is 33.6 Å². The summed E-state index contributed by atoms with van der Waals surface area (Å²) >= 11 is 0. The molecule has 0 N–H and O–H groups in total. The van der Waals surface area contributed by atoms with Crippen LogP contribution in [0.5, 0.6) is 0 Å². The highest BCUT2D eigenvalue weighted by Crippen LogP contribution is 2.27. The molecule has 1 aromatic carbocycles. The van der Waals surface area contributed by atoms with Gasteiger partial charge in [-0.25, -0.2) is 4.63 Å². The summed E-state index contributed by atoms with van der Waals surface area (Å²) in [5.74, 6) is 0. The molecule has 0 unspecified atom stereocenters. The van der Waals surface area contributed by atoms with Crippen molar-refractivity contribution in [1.29, 1.82) is 0 Å². The molecule has 1 heterocycles. The quantitative estimate of drug-likeness (QED) is 0.643. The molecule has 0 aliphatic heterocycles. The number of aromatic nitrogens is 2. The van der Waals surface area contributed by atoms with Gasteiger partial charge in [-0.3, -0.25) is 0 Å². The Balaban J connectivity index is 0.000000980. The molecule has 3 heteroatoms. The largest absolute Gasteiger partial charge is 0.243 e. The van der Waals surface area contributed by atoms with Gasteiger partial charge in [0, 0.05) is 0 Å². The minimum Gasteiger partial charge on any atom is -0.243 e. The van der Waals surface area contributed by atoms with E-state index in [1.807, 2.05) is 12.1 Å². The summed E-state index contributed by atoms with van der Waals surface area (Å²) in [4.78, 5) is 0. The lowest BCUT2D eigenvalue weighted by Gasteiger charge is -2.18. The van der Waals surface area contributed by atoms with Gasteiger partial charge in [-0.05, 0) is 27.4 Å². The Morgan fingerprint density at radius 2 is 1.86 bits per heavy atom. The summed E-state index contributed by atoms with van der Waals surface area (Å²) in [7, 11) is 0. The predicted octanol–water partition coefficient (Wildman–Crippen LogP) is 3.16. The van der Waals surface area contributed by atoms with Crippen molar-refractivity contribution in [3.05, 3.63) is 23.8 Å². The Morgan fingerprint density at radius 3 is 2.50 bits per heavy atom. The summed E-state index contributed by atoms with van der Waals surface area (Å²) < 4.78 is 4.70. The third kappa shape index (κ3) is 1.62. The van der Waals surface area contributed by atoms with Crippen LogP contribution in [0.15, 0.2) is 22.8 Å². The van der Waals surface area contributed by atoms with Crippen molar-refractivity contribution < 1.29 is 4.63 Å². The summed E-state index contributed by atoms with van der Waals surface area (Å²) in [5.41, 5.74) is 2.95. The Hall–Kier alpha value is -1.38. The molecule has 0 spiro atoms. The molecule has 0 amide bonds. The first-order valence-electron chi connectivity index (χ1n) is 4.31. The number of nitrogens with zero attached hydrogens (tertiary/aromatic N) is 2. The van der Waals surface area contributed by atoms with E-state index in [0.29, 0.717) is 0 Å². The van der Waals surface area contributed by atoms with Crippen LogP contribution >= 0.6 is 0 Å². The zero-order chi connectivity index (χ0) is 9.47. The molecular weight excluding hydrogens is 176 g/mol. The third-order valence-electron chi connectivity index (χ3n) is 2.09. The lowest BCUT2D eigenvalue weighted by atomic mass is 9.86. The molecular formula is C11H16N2O. The van der Waals surface area contributed by atoms with Crippen LogP contribution in [0.3, 0.4) is 0 Å². The van der Waals surface area contributed by atoms with E-state index in [9.17, 15) is 0 Å². The van der Waals surface area contributed by atoms with Gasteiger partial charge in [0.1, 0.15) is 11.0 Å². The van der Waals surface area contributed by atoms with E-state index in [-0.39, 0.29) is 12.8 Å². The van der Waals surface area contributed by atoms with Crippen molar-refractivity contribution >= 4 is 11.0 Å². The van der Waals surface area contributed by atoms with Gasteiger partial charge in [-0.1, -0.05) is 40.3 Å². The molecule has 0 saturated heterocycles. The van der Waals surface area contributed by atoms with Crippen LogP contribution in [-0.4, -0.2) is 10.3 Å². The molecule has 76 valence electrons. The molecule has 0 saturated carbocycles. The second-order valence-electron chi connectivity index (χ2n) is 4.19. The van der Waals surface area contributed by atoms with E-state index in [0.717, 1.165) is 11.0 Å². The van der Waals surface area contributed by atoms with Crippen molar-refractivity contribution in [2.75, 3.05) is 0 Å². The van der Waals surface area contributed by atoms with Gasteiger partial charge in [0.05, 0.1) is 0 Å². The molecule has 2 aromatic rings. The molecule has 0 atom stereocenters. The normalized spacial score (nSPS) is 11.4. The summed E-state index contributed by atoms with van der Waals surface area (Å²) in [6.07, 6.45) is 0. The fourth-order valence-corrected chi connectivity index (χ4v) is 1.41. The molecule has 1 aromatic heterocycles.